The van der Waals surface area contributed by atoms with E-state index in [9.17, 15) is 19.8 Å². The summed E-state index contributed by atoms with van der Waals surface area (Å²) in [7, 11) is 0. The Kier molecular flexibility index (Phi) is 6.03. The van der Waals surface area contributed by atoms with E-state index >= 15 is 0 Å². The molecule has 18 heavy (non-hydrogen) atoms. The van der Waals surface area contributed by atoms with Crippen LogP contribution in [0.25, 0.3) is 0 Å². The van der Waals surface area contributed by atoms with Crippen LogP contribution in [0.5, 0.6) is 0 Å². The van der Waals surface area contributed by atoms with Crippen molar-refractivity contribution in [2.24, 2.45) is 0 Å². The van der Waals surface area contributed by atoms with Crippen LogP contribution in [0.15, 0.2) is 22.7 Å². The summed E-state index contributed by atoms with van der Waals surface area (Å²) in [6, 6.07) is 0. The Hall–Kier alpha value is -2.46. The fraction of sp³-hybridized carbons (Fsp3) is 0.286. The molecule has 0 aromatic carbocycles. The lowest BCUT2D eigenvalue weighted by molar-refractivity contribution is -0.114. The SMILES string of the molecule is CC(=O)/C(C#CC#C/C(C(C)=O)=C(/C)O)=C(/C)O. The molecule has 4 heteroatoms. The number of hydrogen-bond acceptors (Lipinski definition) is 4. The summed E-state index contributed by atoms with van der Waals surface area (Å²) < 4.78 is 0. The first-order valence-corrected chi connectivity index (χ1v) is 5.11. The molecule has 0 spiro atoms. The molecule has 0 aromatic rings. The van der Waals surface area contributed by atoms with E-state index in [4.69, 9.17) is 0 Å². The molecule has 0 atom stereocenters. The molecule has 0 fully saturated rings. The smallest absolute Gasteiger partial charge is 0.171 e. The average molecular weight is 246 g/mol. The van der Waals surface area contributed by atoms with Gasteiger partial charge in [0.25, 0.3) is 0 Å². The molecule has 0 heterocycles. The van der Waals surface area contributed by atoms with E-state index in [2.05, 4.69) is 23.7 Å². The predicted octanol–water partition coefficient (Wildman–Crippen LogP) is 1.84. The summed E-state index contributed by atoms with van der Waals surface area (Å²) in [4.78, 5) is 22.1. The highest BCUT2D eigenvalue weighted by molar-refractivity contribution is 5.99. The van der Waals surface area contributed by atoms with Gasteiger partial charge >= 0.3 is 0 Å². The average Bonchev–Trinajstić information content (AvgIpc) is 2.20. The maximum absolute atomic E-state index is 11.1. The highest BCUT2D eigenvalue weighted by Gasteiger charge is 2.04. The Bertz CT molecular complexity index is 494. The number of carbonyl (C=O) groups excluding carboxylic acids is 2. The van der Waals surface area contributed by atoms with Crippen LogP contribution in [0, 0.1) is 23.7 Å². The summed E-state index contributed by atoms with van der Waals surface area (Å²) in [5.74, 6) is 8.36. The van der Waals surface area contributed by atoms with Crippen molar-refractivity contribution in [3.05, 3.63) is 22.7 Å². The van der Waals surface area contributed by atoms with Gasteiger partial charge in [-0.25, -0.2) is 0 Å². The van der Waals surface area contributed by atoms with Gasteiger partial charge in [-0.05, 0) is 51.4 Å². The van der Waals surface area contributed by atoms with Crippen LogP contribution in [-0.4, -0.2) is 21.8 Å². The normalized spacial score (nSPS) is 12.0. The zero-order valence-electron chi connectivity index (χ0n) is 10.7. The van der Waals surface area contributed by atoms with Crippen LogP contribution in [0.3, 0.4) is 0 Å². The first-order chi connectivity index (χ1) is 8.27. The number of aliphatic hydroxyl groups excluding tert-OH is 2. The largest absolute Gasteiger partial charge is 0.511 e. The van der Waals surface area contributed by atoms with Gasteiger partial charge in [-0.2, -0.15) is 0 Å². The number of ketones is 2. The maximum atomic E-state index is 11.1. The molecule has 0 aliphatic rings. The van der Waals surface area contributed by atoms with E-state index < -0.39 is 0 Å². The van der Waals surface area contributed by atoms with Gasteiger partial charge in [0.05, 0.1) is 0 Å². The molecule has 0 aliphatic carbocycles. The summed E-state index contributed by atoms with van der Waals surface area (Å²) in [5, 5.41) is 18.3. The fourth-order valence-electron chi connectivity index (χ4n) is 1.05. The third-order valence-corrected chi connectivity index (χ3v) is 1.87. The van der Waals surface area contributed by atoms with Gasteiger partial charge < -0.3 is 10.2 Å². The third kappa shape index (κ3) is 5.05. The van der Waals surface area contributed by atoms with Gasteiger partial charge in [0, 0.05) is 0 Å². The minimum absolute atomic E-state index is 0.0293. The van der Waals surface area contributed by atoms with Gasteiger partial charge in [0.15, 0.2) is 11.6 Å². The van der Waals surface area contributed by atoms with Crippen LogP contribution in [0.1, 0.15) is 27.7 Å². The van der Waals surface area contributed by atoms with Crippen molar-refractivity contribution >= 4 is 11.6 Å². The van der Waals surface area contributed by atoms with Gasteiger partial charge in [0.2, 0.25) is 0 Å². The molecule has 0 rings (SSSR count). The second-order valence-corrected chi connectivity index (χ2v) is 3.53. The van der Waals surface area contributed by atoms with Crippen molar-refractivity contribution in [3.8, 4) is 23.7 Å². The second kappa shape index (κ2) is 6.98. The summed E-state index contributed by atoms with van der Waals surface area (Å²) >= 11 is 0. The number of allylic oxidation sites excluding steroid dienone is 4. The summed E-state index contributed by atoms with van der Waals surface area (Å²) in [6.45, 7) is 5.24. The highest BCUT2D eigenvalue weighted by Crippen LogP contribution is 2.01. The van der Waals surface area contributed by atoms with Crippen molar-refractivity contribution < 1.29 is 19.8 Å². The molecule has 0 aromatic heterocycles. The topological polar surface area (TPSA) is 74.6 Å². The molecule has 0 radical (unpaired) electrons. The molecule has 0 aliphatic heterocycles. The first kappa shape index (κ1) is 15.5. The molecule has 4 nitrogen and oxygen atoms in total. The van der Waals surface area contributed by atoms with Gasteiger partial charge in [-0.3, -0.25) is 9.59 Å². The van der Waals surface area contributed by atoms with E-state index in [1.54, 1.807) is 0 Å². The lowest BCUT2D eigenvalue weighted by atomic mass is 10.1. The van der Waals surface area contributed by atoms with E-state index in [-0.39, 0.29) is 34.2 Å². The van der Waals surface area contributed by atoms with Crippen LogP contribution >= 0.6 is 0 Å². The Balaban J connectivity index is 5.25. The molecular formula is C14H14O4. The molecule has 94 valence electrons. The molecule has 0 saturated carbocycles. The third-order valence-electron chi connectivity index (χ3n) is 1.87. The Morgan fingerprint density at radius 1 is 0.722 bits per heavy atom. The molecule has 0 amide bonds. The van der Waals surface area contributed by atoms with Crippen LogP contribution in [0.4, 0.5) is 0 Å². The van der Waals surface area contributed by atoms with Crippen LogP contribution < -0.4 is 0 Å². The quantitative estimate of drug-likeness (QED) is 0.443. The first-order valence-electron chi connectivity index (χ1n) is 5.11. The lowest BCUT2D eigenvalue weighted by Crippen LogP contribution is -1.97. The van der Waals surface area contributed by atoms with E-state index in [1.807, 2.05) is 0 Å². The Labute approximate surface area is 106 Å². The van der Waals surface area contributed by atoms with E-state index in [0.717, 1.165) is 0 Å². The Morgan fingerprint density at radius 3 is 1.17 bits per heavy atom. The molecule has 2 N–H and O–H groups in total. The maximum Gasteiger partial charge on any atom is 0.171 e. The van der Waals surface area contributed by atoms with Crippen molar-refractivity contribution in [1.29, 1.82) is 0 Å². The number of aliphatic hydroxyl groups is 2. The summed E-state index contributed by atoms with van der Waals surface area (Å²) in [6.07, 6.45) is 0. The standard InChI is InChI=1S/C14H14O4/c1-9(15)13(10(2)16)7-5-6-8-14(11(3)17)12(4)18/h15,17H,1-4H3/b13-9-,14-11+. The molecule has 0 saturated heterocycles. The van der Waals surface area contributed by atoms with Gasteiger partial charge in [-0.1, -0.05) is 0 Å². The van der Waals surface area contributed by atoms with Crippen molar-refractivity contribution in [2.45, 2.75) is 27.7 Å². The van der Waals surface area contributed by atoms with E-state index in [1.165, 1.54) is 27.7 Å². The molecular weight excluding hydrogens is 232 g/mol. The Morgan fingerprint density at radius 2 is 1.00 bits per heavy atom. The molecule has 0 unspecified atom stereocenters. The monoisotopic (exact) mass is 246 g/mol. The fourth-order valence-corrected chi connectivity index (χ4v) is 1.05. The van der Waals surface area contributed by atoms with Crippen molar-refractivity contribution in [3.63, 3.8) is 0 Å². The number of Topliss-reactive ketones (excluding diaryl/α,β-unsaturated/α-hetero) is 2. The highest BCUT2D eigenvalue weighted by atomic mass is 16.3. The zero-order chi connectivity index (χ0) is 14.3. The second-order valence-electron chi connectivity index (χ2n) is 3.53. The van der Waals surface area contributed by atoms with Crippen LogP contribution in [-0.2, 0) is 9.59 Å². The van der Waals surface area contributed by atoms with Gasteiger partial charge in [0.1, 0.15) is 22.7 Å². The molecule has 0 bridgehead atoms. The number of carbonyl (C=O) groups is 2. The van der Waals surface area contributed by atoms with Crippen molar-refractivity contribution in [2.75, 3.05) is 0 Å². The van der Waals surface area contributed by atoms with Gasteiger partial charge in [-0.15, -0.1) is 0 Å². The predicted molar refractivity (Wildman–Crippen MR) is 67.6 cm³/mol. The number of rotatable bonds is 2. The lowest BCUT2D eigenvalue weighted by Gasteiger charge is -1.93. The minimum atomic E-state index is -0.370. The minimum Gasteiger partial charge on any atom is -0.511 e. The number of hydrogen-bond donors (Lipinski definition) is 2. The summed E-state index contributed by atoms with van der Waals surface area (Å²) in [5.41, 5.74) is -0.0586. The zero-order valence-corrected chi connectivity index (χ0v) is 10.7. The van der Waals surface area contributed by atoms with Crippen LogP contribution in [0.2, 0.25) is 0 Å². The van der Waals surface area contributed by atoms with Crippen molar-refractivity contribution in [1.82, 2.24) is 0 Å². The van der Waals surface area contributed by atoms with E-state index in [0.29, 0.717) is 0 Å².